The number of esters is 3. The van der Waals surface area contributed by atoms with Crippen molar-refractivity contribution in [3.05, 3.63) is 60.4 Å². The first-order valence-electron chi connectivity index (χ1n) is 18.2. The number of nitriles is 1. The van der Waals surface area contributed by atoms with Crippen molar-refractivity contribution >= 4 is 36.9 Å². The molecule has 0 radical (unpaired) electrons. The molecule has 0 amide bonds. The number of para-hydroxylation sites is 1. The summed E-state index contributed by atoms with van der Waals surface area (Å²) in [6.07, 6.45) is -2.23. The van der Waals surface area contributed by atoms with Crippen LogP contribution in [0.2, 0.25) is 0 Å². The number of hydrogen-bond donors (Lipinski definition) is 2. The lowest BCUT2D eigenvalue weighted by molar-refractivity contribution is -0.173. The molecule has 2 aromatic heterocycles. The number of fused-ring (bicyclic) bond motifs is 1. The maximum atomic E-state index is 14.6. The van der Waals surface area contributed by atoms with Crippen molar-refractivity contribution in [2.45, 2.75) is 71.0 Å². The highest BCUT2D eigenvalue weighted by molar-refractivity contribution is 7.52. The zero-order valence-corrected chi connectivity index (χ0v) is 32.5. The normalized spacial score (nSPS) is 23.2. The van der Waals surface area contributed by atoms with Gasteiger partial charge >= 0.3 is 25.7 Å². The van der Waals surface area contributed by atoms with Gasteiger partial charge in [-0.2, -0.15) is 15.4 Å². The molecule has 0 saturated carbocycles. The van der Waals surface area contributed by atoms with E-state index in [1.165, 1.54) is 29.8 Å². The number of morpholine rings is 1. The molecule has 2 aliphatic heterocycles. The lowest BCUT2D eigenvalue weighted by Crippen LogP contribution is -2.50. The second-order valence-corrected chi connectivity index (χ2v) is 15.6. The first kappa shape index (κ1) is 41.6. The molecule has 0 aliphatic carbocycles. The lowest BCUT2D eigenvalue weighted by atomic mass is 9.95. The Kier molecular flexibility index (Phi) is 13.9. The van der Waals surface area contributed by atoms with Gasteiger partial charge in [0, 0.05) is 25.8 Å². The van der Waals surface area contributed by atoms with Crippen LogP contribution in [-0.2, 0) is 47.2 Å². The molecule has 55 heavy (non-hydrogen) atoms. The third-order valence-electron chi connectivity index (χ3n) is 9.02. The molecule has 17 nitrogen and oxygen atoms in total. The van der Waals surface area contributed by atoms with Crippen molar-refractivity contribution in [3.63, 3.8) is 0 Å². The van der Waals surface area contributed by atoms with E-state index in [4.69, 9.17) is 38.5 Å². The Morgan fingerprint density at radius 1 is 1.02 bits per heavy atom. The van der Waals surface area contributed by atoms with Gasteiger partial charge < -0.3 is 33.9 Å². The number of hydrogen-bond acceptors (Lipinski definition) is 15. The molecule has 298 valence electrons. The maximum absolute atomic E-state index is 14.6. The Balaban J connectivity index is 1.44. The first-order chi connectivity index (χ1) is 26.3. The second kappa shape index (κ2) is 18.4. The molecule has 1 unspecified atom stereocenters. The SMILES string of the molecule is CC(C)C(=O)O[C@H]1[C@H](c2ccc3c(N)ccnn23)O[C@](C#N)(COP(=O)(N[C@@H](C)C(=O)OCCCN2CCOCC2)Oc2ccccc2)[C@H]1OC(=O)C(C)C. The molecular formula is C37H49N6O11P. The van der Waals surface area contributed by atoms with Gasteiger partial charge in [-0.25, -0.2) is 9.08 Å². The van der Waals surface area contributed by atoms with Gasteiger partial charge in [0.15, 0.2) is 12.2 Å². The number of nitrogens with one attached hydrogen (secondary N) is 1. The number of nitrogens with two attached hydrogens (primary N) is 1. The summed E-state index contributed by atoms with van der Waals surface area (Å²) in [5.41, 5.74) is 5.16. The standard InChI is InChI=1S/C37H49N6O11P/c1-24(2)34(44)51-32-31(30-13-12-29-28(39)14-15-40-43(29)30)53-37(22-38,33(32)52-35(45)25(3)4)23-50-55(47,54-27-10-7-6-8-11-27)41-26(5)36(46)49-19-9-16-42-17-20-48-21-18-42/h6-8,10-15,24-26,31-33H,9,16-21,23,39H2,1-5H3,(H,41,47)/t26-,31-,32-,33-,37+,55?/m0/s1. The fraction of sp³-hybridized carbons (Fsp3) is 0.541. The van der Waals surface area contributed by atoms with Crippen LogP contribution in [0.4, 0.5) is 5.69 Å². The smallest absolute Gasteiger partial charge is 0.459 e. The molecule has 2 saturated heterocycles. The largest absolute Gasteiger partial charge is 0.464 e. The van der Waals surface area contributed by atoms with Crippen LogP contribution in [0, 0.1) is 23.2 Å². The topological polar surface area (TPSA) is 215 Å². The van der Waals surface area contributed by atoms with E-state index in [9.17, 15) is 24.2 Å². The van der Waals surface area contributed by atoms with Crippen molar-refractivity contribution in [2.75, 3.05) is 51.8 Å². The van der Waals surface area contributed by atoms with Gasteiger partial charge in [0.25, 0.3) is 0 Å². The summed E-state index contributed by atoms with van der Waals surface area (Å²) in [6, 6.07) is 13.8. The average molecular weight is 785 g/mol. The lowest BCUT2D eigenvalue weighted by Gasteiger charge is -2.31. The summed E-state index contributed by atoms with van der Waals surface area (Å²) in [6.45, 7) is 10.7. The molecule has 2 aliphatic rings. The summed E-state index contributed by atoms with van der Waals surface area (Å²) < 4.78 is 57.0. The van der Waals surface area contributed by atoms with Crippen LogP contribution in [0.1, 0.15) is 52.8 Å². The predicted molar refractivity (Wildman–Crippen MR) is 197 cm³/mol. The van der Waals surface area contributed by atoms with Gasteiger partial charge in [-0.05, 0) is 43.7 Å². The van der Waals surface area contributed by atoms with Crippen molar-refractivity contribution < 1.29 is 51.7 Å². The number of aromatic nitrogens is 2. The molecule has 5 rings (SSSR count). The fourth-order valence-electron chi connectivity index (χ4n) is 5.93. The Morgan fingerprint density at radius 2 is 1.71 bits per heavy atom. The number of ether oxygens (including phenoxy) is 5. The van der Waals surface area contributed by atoms with E-state index in [1.807, 2.05) is 0 Å². The minimum Gasteiger partial charge on any atom is -0.464 e. The van der Waals surface area contributed by atoms with E-state index in [0.29, 0.717) is 43.1 Å². The van der Waals surface area contributed by atoms with Crippen LogP contribution in [0.3, 0.4) is 0 Å². The summed E-state index contributed by atoms with van der Waals surface area (Å²) in [5, 5.41) is 17.9. The van der Waals surface area contributed by atoms with E-state index in [0.717, 1.165) is 13.1 Å². The highest BCUT2D eigenvalue weighted by atomic mass is 31.2. The summed E-state index contributed by atoms with van der Waals surface area (Å²) in [4.78, 5) is 41.7. The number of benzene rings is 1. The molecule has 1 aromatic carbocycles. The van der Waals surface area contributed by atoms with Crippen LogP contribution in [0.15, 0.2) is 54.7 Å². The predicted octanol–water partition coefficient (Wildman–Crippen LogP) is 3.83. The maximum Gasteiger partial charge on any atom is 0.459 e. The first-order valence-corrected chi connectivity index (χ1v) is 19.8. The molecule has 4 heterocycles. The number of anilines is 1. The molecule has 3 N–H and O–H groups in total. The molecule has 2 fully saturated rings. The summed E-state index contributed by atoms with van der Waals surface area (Å²) in [5.74, 6) is -3.26. The van der Waals surface area contributed by atoms with Crippen LogP contribution in [-0.4, -0.2) is 102 Å². The van der Waals surface area contributed by atoms with Crippen LogP contribution in [0.25, 0.3) is 5.52 Å². The van der Waals surface area contributed by atoms with Crippen LogP contribution in [0.5, 0.6) is 5.75 Å². The summed E-state index contributed by atoms with van der Waals surface area (Å²) >= 11 is 0. The minimum atomic E-state index is -4.58. The Hall–Kier alpha value is -4.56. The van der Waals surface area contributed by atoms with Crippen molar-refractivity contribution in [3.8, 4) is 11.8 Å². The van der Waals surface area contributed by atoms with Gasteiger partial charge in [0.05, 0.1) is 48.6 Å². The monoisotopic (exact) mass is 784 g/mol. The molecular weight excluding hydrogens is 735 g/mol. The number of carbonyl (C=O) groups excluding carboxylic acids is 3. The van der Waals surface area contributed by atoms with E-state index in [2.05, 4.69) is 21.2 Å². The summed E-state index contributed by atoms with van der Waals surface area (Å²) in [7, 11) is -4.58. The van der Waals surface area contributed by atoms with E-state index < -0.39 is 74.1 Å². The average Bonchev–Trinajstić information content (AvgIpc) is 3.73. The second-order valence-electron chi connectivity index (χ2n) is 14.0. The van der Waals surface area contributed by atoms with E-state index in [-0.39, 0.29) is 12.4 Å². The van der Waals surface area contributed by atoms with Gasteiger partial charge in [-0.3, -0.25) is 23.8 Å². The van der Waals surface area contributed by atoms with Crippen molar-refractivity contribution in [1.29, 1.82) is 5.26 Å². The quantitative estimate of drug-likeness (QED) is 0.0861. The van der Waals surface area contributed by atoms with Crippen LogP contribution < -0.4 is 15.3 Å². The Labute approximate surface area is 319 Å². The molecule has 18 heteroatoms. The third-order valence-corrected chi connectivity index (χ3v) is 10.6. The third kappa shape index (κ3) is 10.2. The van der Waals surface area contributed by atoms with E-state index >= 15 is 0 Å². The van der Waals surface area contributed by atoms with Crippen LogP contribution >= 0.6 is 7.75 Å². The minimum absolute atomic E-state index is 0.119. The fourth-order valence-corrected chi connectivity index (χ4v) is 7.45. The van der Waals surface area contributed by atoms with Gasteiger partial charge in [0.2, 0.25) is 5.60 Å². The number of nitrogens with zero attached hydrogens (tertiary/aromatic N) is 4. The zero-order chi connectivity index (χ0) is 39.8. The van der Waals surface area contributed by atoms with Gasteiger partial charge in [0.1, 0.15) is 30.6 Å². The molecule has 6 atom stereocenters. The number of carbonyl (C=O) groups is 3. The molecule has 3 aromatic rings. The van der Waals surface area contributed by atoms with Crippen molar-refractivity contribution in [2.24, 2.45) is 11.8 Å². The highest BCUT2D eigenvalue weighted by Gasteiger charge is 2.62. The Bertz CT molecular complexity index is 1880. The Morgan fingerprint density at radius 3 is 2.38 bits per heavy atom. The number of rotatable bonds is 17. The zero-order valence-electron chi connectivity index (χ0n) is 31.6. The number of nitrogen functional groups attached to an aromatic ring is 1. The van der Waals surface area contributed by atoms with E-state index in [1.54, 1.807) is 64.1 Å². The van der Waals surface area contributed by atoms with Gasteiger partial charge in [-0.1, -0.05) is 45.9 Å². The molecule has 0 spiro atoms. The van der Waals surface area contributed by atoms with Gasteiger partial charge in [-0.15, -0.1) is 0 Å². The highest BCUT2D eigenvalue weighted by Crippen LogP contribution is 2.50. The molecule has 0 bridgehead atoms. The van der Waals surface area contributed by atoms with Crippen molar-refractivity contribution in [1.82, 2.24) is 19.6 Å².